The van der Waals surface area contributed by atoms with Crippen LogP contribution in [0.25, 0.3) is 0 Å². The van der Waals surface area contributed by atoms with Crippen LogP contribution in [0.15, 0.2) is 46.9 Å². The summed E-state index contributed by atoms with van der Waals surface area (Å²) in [6.07, 6.45) is 3.88. The van der Waals surface area contributed by atoms with Gasteiger partial charge in [-0.15, -0.1) is 0 Å². The van der Waals surface area contributed by atoms with Gasteiger partial charge in [-0.25, -0.2) is 0 Å². The van der Waals surface area contributed by atoms with Gasteiger partial charge in [0, 0.05) is 6.54 Å². The fourth-order valence-corrected chi connectivity index (χ4v) is 4.31. The molecule has 2 aromatic rings. The highest BCUT2D eigenvalue weighted by molar-refractivity contribution is 9.10. The first kappa shape index (κ1) is 18.8. The van der Waals surface area contributed by atoms with Crippen molar-refractivity contribution in [2.75, 3.05) is 14.2 Å². The Hall–Kier alpha value is -2.01. The van der Waals surface area contributed by atoms with Crippen LogP contribution in [0.2, 0.25) is 0 Å². The van der Waals surface area contributed by atoms with Crippen molar-refractivity contribution in [2.24, 2.45) is 0 Å². The van der Waals surface area contributed by atoms with Gasteiger partial charge in [0.05, 0.1) is 24.1 Å². The SMILES string of the molecule is COc1cccc(C2(C(=O)NCc3ccc(OC)c(Br)c3)CCCC2)c1. The fourth-order valence-electron chi connectivity index (χ4n) is 3.72. The van der Waals surface area contributed by atoms with Crippen molar-refractivity contribution in [2.45, 2.75) is 37.6 Å². The highest BCUT2D eigenvalue weighted by atomic mass is 79.9. The maximum Gasteiger partial charge on any atom is 0.230 e. The number of nitrogens with one attached hydrogen (secondary N) is 1. The second kappa shape index (κ2) is 8.12. The molecule has 1 N–H and O–H groups in total. The van der Waals surface area contributed by atoms with Crippen LogP contribution in [0.3, 0.4) is 0 Å². The van der Waals surface area contributed by atoms with E-state index in [0.29, 0.717) is 6.54 Å². The molecule has 0 aliphatic heterocycles. The average molecular weight is 418 g/mol. The lowest BCUT2D eigenvalue weighted by Crippen LogP contribution is -2.42. The molecule has 4 nitrogen and oxygen atoms in total. The molecule has 3 rings (SSSR count). The van der Waals surface area contributed by atoms with Crippen molar-refractivity contribution < 1.29 is 14.3 Å². The number of halogens is 1. The van der Waals surface area contributed by atoms with Crippen LogP contribution in [-0.4, -0.2) is 20.1 Å². The number of rotatable bonds is 6. The van der Waals surface area contributed by atoms with Crippen LogP contribution in [0.5, 0.6) is 11.5 Å². The maximum absolute atomic E-state index is 13.2. The van der Waals surface area contributed by atoms with Gasteiger partial charge in [0.15, 0.2) is 0 Å². The number of carbonyl (C=O) groups is 1. The van der Waals surface area contributed by atoms with Crippen molar-refractivity contribution in [3.63, 3.8) is 0 Å². The minimum Gasteiger partial charge on any atom is -0.497 e. The predicted octanol–water partition coefficient (Wildman–Crippen LogP) is 4.59. The number of hydrogen-bond donors (Lipinski definition) is 1. The van der Waals surface area contributed by atoms with Gasteiger partial charge < -0.3 is 14.8 Å². The van der Waals surface area contributed by atoms with E-state index in [-0.39, 0.29) is 5.91 Å². The van der Waals surface area contributed by atoms with Crippen molar-refractivity contribution in [3.8, 4) is 11.5 Å². The second-order valence-electron chi connectivity index (χ2n) is 6.67. The zero-order chi connectivity index (χ0) is 18.6. The Labute approximate surface area is 163 Å². The molecule has 1 aliphatic carbocycles. The Morgan fingerprint density at radius 1 is 1.12 bits per heavy atom. The Morgan fingerprint density at radius 2 is 1.88 bits per heavy atom. The average Bonchev–Trinajstić information content (AvgIpc) is 3.17. The largest absolute Gasteiger partial charge is 0.497 e. The van der Waals surface area contributed by atoms with Crippen LogP contribution in [0.4, 0.5) is 0 Å². The van der Waals surface area contributed by atoms with Gasteiger partial charge >= 0.3 is 0 Å². The van der Waals surface area contributed by atoms with Gasteiger partial charge in [0.2, 0.25) is 5.91 Å². The lowest BCUT2D eigenvalue weighted by molar-refractivity contribution is -0.126. The van der Waals surface area contributed by atoms with Crippen LogP contribution < -0.4 is 14.8 Å². The van der Waals surface area contributed by atoms with Gasteiger partial charge in [-0.2, -0.15) is 0 Å². The van der Waals surface area contributed by atoms with E-state index in [2.05, 4.69) is 21.2 Å². The van der Waals surface area contributed by atoms with Crippen LogP contribution in [0.1, 0.15) is 36.8 Å². The first-order valence-corrected chi connectivity index (χ1v) is 9.63. The van der Waals surface area contributed by atoms with E-state index in [0.717, 1.165) is 52.8 Å². The topological polar surface area (TPSA) is 47.6 Å². The third-order valence-corrected chi connectivity index (χ3v) is 5.80. The van der Waals surface area contributed by atoms with Gasteiger partial charge in [-0.3, -0.25) is 4.79 Å². The highest BCUT2D eigenvalue weighted by Crippen LogP contribution is 2.42. The molecule has 0 atom stereocenters. The summed E-state index contributed by atoms with van der Waals surface area (Å²) in [6.45, 7) is 0.493. The summed E-state index contributed by atoms with van der Waals surface area (Å²) in [4.78, 5) is 13.2. The highest BCUT2D eigenvalue weighted by Gasteiger charge is 2.42. The number of benzene rings is 2. The molecular formula is C21H24BrNO3. The summed E-state index contributed by atoms with van der Waals surface area (Å²) in [5.74, 6) is 1.67. The molecule has 0 saturated heterocycles. The summed E-state index contributed by atoms with van der Waals surface area (Å²) < 4.78 is 11.5. The molecule has 0 spiro atoms. The van der Waals surface area contributed by atoms with Crippen molar-refractivity contribution in [1.29, 1.82) is 0 Å². The van der Waals surface area contributed by atoms with E-state index in [1.807, 2.05) is 42.5 Å². The lowest BCUT2D eigenvalue weighted by Gasteiger charge is -2.28. The molecule has 138 valence electrons. The summed E-state index contributed by atoms with van der Waals surface area (Å²) in [5, 5.41) is 3.14. The normalized spacial score (nSPS) is 15.5. The molecule has 1 aliphatic rings. The molecule has 0 unspecified atom stereocenters. The summed E-state index contributed by atoms with van der Waals surface area (Å²) in [5.41, 5.74) is 1.62. The Morgan fingerprint density at radius 3 is 2.54 bits per heavy atom. The van der Waals surface area contributed by atoms with Gasteiger partial charge in [-0.05, 0) is 64.2 Å². The minimum absolute atomic E-state index is 0.0928. The van der Waals surface area contributed by atoms with Gasteiger partial charge in [-0.1, -0.05) is 31.0 Å². The van der Waals surface area contributed by atoms with E-state index in [1.54, 1.807) is 14.2 Å². The van der Waals surface area contributed by atoms with Crippen LogP contribution in [-0.2, 0) is 16.8 Å². The third-order valence-electron chi connectivity index (χ3n) is 5.18. The molecule has 5 heteroatoms. The summed E-state index contributed by atoms with van der Waals surface area (Å²) in [7, 11) is 3.29. The molecule has 1 saturated carbocycles. The molecule has 0 aromatic heterocycles. The maximum atomic E-state index is 13.2. The van der Waals surface area contributed by atoms with Gasteiger partial charge in [0.25, 0.3) is 0 Å². The van der Waals surface area contributed by atoms with Crippen LogP contribution in [0, 0.1) is 0 Å². The molecule has 2 aromatic carbocycles. The summed E-state index contributed by atoms with van der Waals surface area (Å²) >= 11 is 3.49. The molecular weight excluding hydrogens is 394 g/mol. The second-order valence-corrected chi connectivity index (χ2v) is 7.53. The molecule has 1 fully saturated rings. The zero-order valence-electron chi connectivity index (χ0n) is 15.2. The number of hydrogen-bond acceptors (Lipinski definition) is 3. The van der Waals surface area contributed by atoms with Crippen molar-refractivity contribution in [1.82, 2.24) is 5.32 Å². The van der Waals surface area contributed by atoms with Crippen molar-refractivity contribution in [3.05, 3.63) is 58.1 Å². The molecule has 0 heterocycles. The monoisotopic (exact) mass is 417 g/mol. The van der Waals surface area contributed by atoms with E-state index in [9.17, 15) is 4.79 Å². The zero-order valence-corrected chi connectivity index (χ0v) is 16.8. The molecule has 0 bridgehead atoms. The third kappa shape index (κ3) is 3.73. The van der Waals surface area contributed by atoms with E-state index < -0.39 is 5.41 Å². The van der Waals surface area contributed by atoms with Gasteiger partial charge in [0.1, 0.15) is 11.5 Å². The first-order chi connectivity index (χ1) is 12.6. The number of ether oxygens (including phenoxy) is 2. The van der Waals surface area contributed by atoms with E-state index in [1.165, 1.54) is 0 Å². The first-order valence-electron chi connectivity index (χ1n) is 8.84. The van der Waals surface area contributed by atoms with Crippen LogP contribution >= 0.6 is 15.9 Å². The molecule has 26 heavy (non-hydrogen) atoms. The van der Waals surface area contributed by atoms with E-state index in [4.69, 9.17) is 9.47 Å². The Bertz CT molecular complexity index is 785. The standard InChI is InChI=1S/C21H24BrNO3/c1-25-17-7-5-6-16(13-17)21(10-3-4-11-21)20(24)23-14-15-8-9-19(26-2)18(22)12-15/h5-9,12-13H,3-4,10-11,14H2,1-2H3,(H,23,24). The number of amides is 1. The number of methoxy groups -OCH3 is 2. The Kier molecular flexibility index (Phi) is 5.87. The molecule has 1 amide bonds. The van der Waals surface area contributed by atoms with E-state index >= 15 is 0 Å². The van der Waals surface area contributed by atoms with Crippen molar-refractivity contribution >= 4 is 21.8 Å². The fraction of sp³-hybridized carbons (Fsp3) is 0.381. The smallest absolute Gasteiger partial charge is 0.230 e. The number of carbonyl (C=O) groups excluding carboxylic acids is 1. The molecule has 0 radical (unpaired) electrons. The minimum atomic E-state index is -0.460. The Balaban J connectivity index is 1.78. The summed E-state index contributed by atoms with van der Waals surface area (Å²) in [6, 6.07) is 13.8. The quantitative estimate of drug-likeness (QED) is 0.746. The predicted molar refractivity (Wildman–Crippen MR) is 106 cm³/mol. The lowest BCUT2D eigenvalue weighted by atomic mass is 9.78.